The van der Waals surface area contributed by atoms with Crippen LogP contribution in [0.25, 0.3) is 0 Å². The summed E-state index contributed by atoms with van der Waals surface area (Å²) in [6.45, 7) is 0. The lowest BCUT2D eigenvalue weighted by molar-refractivity contribution is 0.386. The van der Waals surface area contributed by atoms with Crippen molar-refractivity contribution in [1.29, 1.82) is 0 Å². The lowest BCUT2D eigenvalue weighted by atomic mass is 9.94. The first-order chi connectivity index (χ1) is 11.3. The fourth-order valence-corrected chi connectivity index (χ4v) is 5.92. The number of benzene rings is 1. The maximum absolute atomic E-state index is 5.28. The van der Waals surface area contributed by atoms with Crippen molar-refractivity contribution in [2.75, 3.05) is 0 Å². The van der Waals surface area contributed by atoms with Gasteiger partial charge in [-0.3, -0.25) is 4.99 Å². The van der Waals surface area contributed by atoms with E-state index in [1.807, 2.05) is 0 Å². The monoisotopic (exact) mass is 308 g/mol. The Morgan fingerprint density at radius 2 is 1.57 bits per heavy atom. The molecule has 0 saturated heterocycles. The predicted molar refractivity (Wildman–Crippen MR) is 94.6 cm³/mol. The third-order valence-corrected chi connectivity index (χ3v) is 7.10. The summed E-state index contributed by atoms with van der Waals surface area (Å²) in [6, 6.07) is 12.1. The Balaban J connectivity index is 1.40. The van der Waals surface area contributed by atoms with Crippen LogP contribution in [0, 0.1) is 23.7 Å². The number of hydrogen-bond acceptors (Lipinski definition) is 1. The van der Waals surface area contributed by atoms with Crippen LogP contribution in [0.15, 0.2) is 35.3 Å². The van der Waals surface area contributed by atoms with E-state index in [0.717, 1.165) is 23.7 Å². The van der Waals surface area contributed by atoms with E-state index >= 15 is 0 Å². The van der Waals surface area contributed by atoms with Gasteiger partial charge in [0, 0.05) is 11.6 Å². The van der Waals surface area contributed by atoms with Gasteiger partial charge in [0.05, 0.1) is 6.04 Å². The molecule has 122 valence electrons. The van der Waals surface area contributed by atoms with Gasteiger partial charge >= 0.3 is 0 Å². The Kier molecular flexibility index (Phi) is 3.45. The molecule has 2 heteroatoms. The van der Waals surface area contributed by atoms with E-state index in [1.165, 1.54) is 62.8 Å². The van der Waals surface area contributed by atoms with Crippen molar-refractivity contribution in [3.05, 3.63) is 35.9 Å². The highest BCUT2D eigenvalue weighted by Gasteiger charge is 2.41. The minimum Gasteiger partial charge on any atom is -0.367 e. The molecule has 4 bridgehead atoms. The molecule has 23 heavy (non-hydrogen) atoms. The molecule has 4 fully saturated rings. The quantitative estimate of drug-likeness (QED) is 0.649. The van der Waals surface area contributed by atoms with E-state index in [0.29, 0.717) is 12.1 Å². The standard InChI is InChI=1S/C21H28N2/c1-2-4-16(5-3-1)21(22-19-12-14-6-8-17(19)10-14)23-20-13-15-7-9-18(20)11-15/h1-5,14-15,17-20H,6-13H2,(H,22,23). The Bertz CT molecular complexity index is 593. The van der Waals surface area contributed by atoms with E-state index < -0.39 is 0 Å². The van der Waals surface area contributed by atoms with Crippen LogP contribution in [-0.2, 0) is 0 Å². The molecule has 0 heterocycles. The zero-order chi connectivity index (χ0) is 15.2. The molecule has 0 aliphatic heterocycles. The van der Waals surface area contributed by atoms with Crippen LogP contribution in [-0.4, -0.2) is 17.9 Å². The average Bonchev–Trinajstić information content (AvgIpc) is 3.36. The van der Waals surface area contributed by atoms with Crippen LogP contribution in [0.4, 0.5) is 0 Å². The molecule has 5 rings (SSSR count). The number of rotatable bonds is 3. The van der Waals surface area contributed by atoms with E-state index in [2.05, 4.69) is 35.6 Å². The molecule has 1 aromatic rings. The van der Waals surface area contributed by atoms with E-state index in [4.69, 9.17) is 4.99 Å². The fraction of sp³-hybridized carbons (Fsp3) is 0.667. The minimum absolute atomic E-state index is 0.579. The molecule has 1 aromatic carbocycles. The second kappa shape index (κ2) is 5.65. The Labute approximate surface area is 139 Å². The van der Waals surface area contributed by atoms with Gasteiger partial charge in [-0.15, -0.1) is 0 Å². The van der Waals surface area contributed by atoms with Crippen LogP contribution >= 0.6 is 0 Å². The summed E-state index contributed by atoms with van der Waals surface area (Å²) in [7, 11) is 0. The third-order valence-electron chi connectivity index (χ3n) is 7.10. The van der Waals surface area contributed by atoms with Crippen LogP contribution < -0.4 is 5.32 Å². The lowest BCUT2D eigenvalue weighted by Crippen LogP contribution is -2.40. The zero-order valence-corrected chi connectivity index (χ0v) is 14.0. The van der Waals surface area contributed by atoms with Gasteiger partial charge in [-0.2, -0.15) is 0 Å². The van der Waals surface area contributed by atoms with Gasteiger partial charge in [0.25, 0.3) is 0 Å². The van der Waals surface area contributed by atoms with Crippen LogP contribution in [0.1, 0.15) is 56.9 Å². The van der Waals surface area contributed by atoms with Crippen molar-refractivity contribution in [3.63, 3.8) is 0 Å². The Hall–Kier alpha value is -1.31. The molecule has 0 aromatic heterocycles. The van der Waals surface area contributed by atoms with Crippen molar-refractivity contribution in [2.24, 2.45) is 28.7 Å². The molecular weight excluding hydrogens is 280 g/mol. The number of amidine groups is 1. The fourth-order valence-electron chi connectivity index (χ4n) is 5.92. The molecule has 6 unspecified atom stereocenters. The molecule has 4 aliphatic carbocycles. The normalized spacial score (nSPS) is 41.7. The Morgan fingerprint density at radius 3 is 2.17 bits per heavy atom. The first-order valence-corrected chi connectivity index (χ1v) is 9.75. The average molecular weight is 308 g/mol. The van der Waals surface area contributed by atoms with Crippen molar-refractivity contribution in [1.82, 2.24) is 5.32 Å². The molecule has 0 amide bonds. The molecule has 0 radical (unpaired) electrons. The van der Waals surface area contributed by atoms with Crippen LogP contribution in [0.3, 0.4) is 0 Å². The predicted octanol–water partition coefficient (Wildman–Crippen LogP) is 4.40. The highest BCUT2D eigenvalue weighted by atomic mass is 15.1. The number of nitrogens with one attached hydrogen (secondary N) is 1. The lowest BCUT2D eigenvalue weighted by Gasteiger charge is -2.27. The summed E-state index contributed by atoms with van der Waals surface area (Å²) in [6.07, 6.45) is 11.3. The SMILES string of the molecule is c1ccc(C(=NC2CC3CCC2C3)NC2CC3CCC2C3)cc1. The summed E-state index contributed by atoms with van der Waals surface area (Å²) < 4.78 is 0. The summed E-state index contributed by atoms with van der Waals surface area (Å²) in [5, 5.41) is 3.90. The topological polar surface area (TPSA) is 24.4 Å². The molecule has 6 atom stereocenters. The van der Waals surface area contributed by atoms with Gasteiger partial charge in [-0.1, -0.05) is 43.2 Å². The first kappa shape index (κ1) is 14.1. The van der Waals surface area contributed by atoms with Gasteiger partial charge in [-0.25, -0.2) is 0 Å². The van der Waals surface area contributed by atoms with Gasteiger partial charge in [-0.05, 0) is 62.2 Å². The highest BCUT2D eigenvalue weighted by Crippen LogP contribution is 2.47. The molecule has 1 N–H and O–H groups in total. The maximum Gasteiger partial charge on any atom is 0.128 e. The van der Waals surface area contributed by atoms with Gasteiger partial charge in [0.15, 0.2) is 0 Å². The first-order valence-electron chi connectivity index (χ1n) is 9.75. The molecule has 0 spiro atoms. The van der Waals surface area contributed by atoms with Crippen molar-refractivity contribution in [3.8, 4) is 0 Å². The summed E-state index contributed by atoms with van der Waals surface area (Å²) >= 11 is 0. The minimum atomic E-state index is 0.579. The highest BCUT2D eigenvalue weighted by molar-refractivity contribution is 5.99. The zero-order valence-electron chi connectivity index (χ0n) is 14.0. The van der Waals surface area contributed by atoms with Crippen molar-refractivity contribution < 1.29 is 0 Å². The Morgan fingerprint density at radius 1 is 0.826 bits per heavy atom. The van der Waals surface area contributed by atoms with Crippen LogP contribution in [0.5, 0.6) is 0 Å². The van der Waals surface area contributed by atoms with E-state index in [-0.39, 0.29) is 0 Å². The molecule has 4 saturated carbocycles. The largest absolute Gasteiger partial charge is 0.367 e. The smallest absolute Gasteiger partial charge is 0.128 e. The summed E-state index contributed by atoms with van der Waals surface area (Å²) in [5.41, 5.74) is 1.29. The number of fused-ring (bicyclic) bond motifs is 4. The third kappa shape index (κ3) is 2.60. The number of hydrogen-bond donors (Lipinski definition) is 1. The maximum atomic E-state index is 5.28. The molecule has 2 nitrogen and oxygen atoms in total. The number of nitrogens with zero attached hydrogens (tertiary/aromatic N) is 1. The molecule has 4 aliphatic rings. The summed E-state index contributed by atoms with van der Waals surface area (Å²) in [4.78, 5) is 5.28. The van der Waals surface area contributed by atoms with Gasteiger partial charge in [0.1, 0.15) is 5.84 Å². The van der Waals surface area contributed by atoms with E-state index in [9.17, 15) is 0 Å². The van der Waals surface area contributed by atoms with E-state index in [1.54, 1.807) is 0 Å². The number of aliphatic imine (C=N–C) groups is 1. The van der Waals surface area contributed by atoms with Crippen molar-refractivity contribution in [2.45, 2.75) is 63.5 Å². The second-order valence-corrected chi connectivity index (χ2v) is 8.51. The van der Waals surface area contributed by atoms with Gasteiger partial charge in [0.2, 0.25) is 0 Å². The molecular formula is C21H28N2. The summed E-state index contributed by atoms with van der Waals surface area (Å²) in [5.74, 6) is 4.90. The van der Waals surface area contributed by atoms with Crippen molar-refractivity contribution >= 4 is 5.84 Å². The van der Waals surface area contributed by atoms with Crippen LogP contribution in [0.2, 0.25) is 0 Å². The second-order valence-electron chi connectivity index (χ2n) is 8.51. The van der Waals surface area contributed by atoms with Gasteiger partial charge < -0.3 is 5.32 Å².